The number of hydrogen-bond acceptors (Lipinski definition) is 4. The number of carbonyl (C=O) groups excluding carboxylic acids is 2. The maximum absolute atomic E-state index is 12.0. The maximum atomic E-state index is 12.0. The van der Waals surface area contributed by atoms with Crippen LogP contribution in [0, 0.1) is 5.41 Å². The third kappa shape index (κ3) is 52.6. The van der Waals surface area contributed by atoms with Crippen LogP contribution in [0.5, 0.6) is 0 Å². The van der Waals surface area contributed by atoms with E-state index in [1.807, 2.05) is 0 Å². The minimum Gasteiger partial charge on any atom is -0.0654 e. The van der Waals surface area contributed by atoms with Gasteiger partial charge in [-0.05, 0) is 32.1 Å². The van der Waals surface area contributed by atoms with Crippen LogP contribution in [0.2, 0.25) is 8.87 Å². The minimum atomic E-state index is -1.10. The van der Waals surface area contributed by atoms with E-state index in [0.717, 1.165) is 38.5 Å². The summed E-state index contributed by atoms with van der Waals surface area (Å²) in [4.78, 5) is 22.7. The molecule has 0 aliphatic rings. The molecular weight excluding hydrogens is 879 g/mol. The fourth-order valence-corrected chi connectivity index (χ4v) is 13.0. The van der Waals surface area contributed by atoms with Crippen molar-refractivity contribution >= 4 is 33.1 Å². The minimum absolute atomic E-state index is 0.00985. The summed E-state index contributed by atoms with van der Waals surface area (Å²) in [5.41, 5.74) is -0.856. The molecule has 0 aromatic rings. The van der Waals surface area contributed by atoms with E-state index in [4.69, 9.17) is 0 Å². The topological polar surface area (TPSA) is 80.3 Å². The van der Waals surface area contributed by atoms with Crippen molar-refractivity contribution in [1.29, 1.82) is 0 Å². The van der Waals surface area contributed by atoms with Crippen molar-refractivity contribution in [3.05, 3.63) is 0 Å². The van der Waals surface area contributed by atoms with E-state index < -0.39 is 17.4 Å². The van der Waals surface area contributed by atoms with Crippen molar-refractivity contribution in [2.75, 3.05) is 0 Å². The fourth-order valence-electron chi connectivity index (χ4n) is 9.46. The van der Waals surface area contributed by atoms with Crippen molar-refractivity contribution in [3.8, 4) is 0 Å². The quantitative estimate of drug-likeness (QED) is 0.0449. The third-order valence-electron chi connectivity index (χ3n) is 13.9. The van der Waals surface area contributed by atoms with Crippen LogP contribution in [0.3, 0.4) is 0 Å². The van der Waals surface area contributed by atoms with Crippen molar-refractivity contribution in [2.24, 2.45) is 5.41 Å². The van der Waals surface area contributed by atoms with Gasteiger partial charge in [-0.3, -0.25) is 0 Å². The number of unbranched alkanes of at least 4 members (excludes halogenated alkanes) is 40. The molecule has 0 aliphatic carbocycles. The van der Waals surface area contributed by atoms with Crippen molar-refractivity contribution in [3.63, 3.8) is 0 Å². The summed E-state index contributed by atoms with van der Waals surface area (Å²) < 4.78 is 3.33. The number of rotatable bonds is 53. The van der Waals surface area contributed by atoms with Crippen molar-refractivity contribution < 1.29 is 19.8 Å². The Hall–Kier alpha value is -0.261. The molecule has 374 valence electrons. The molecule has 0 rings (SSSR count). The number of carboxylic acids is 2. The van der Waals surface area contributed by atoms with Gasteiger partial charge in [0.2, 0.25) is 0 Å². The molecule has 0 bridgehead atoms. The van der Waals surface area contributed by atoms with Gasteiger partial charge in [0.15, 0.2) is 0 Å². The molecule has 0 saturated carbocycles. The van der Waals surface area contributed by atoms with Gasteiger partial charge in [0.25, 0.3) is 0 Å². The molecule has 0 amide bonds. The van der Waals surface area contributed by atoms with Gasteiger partial charge >= 0.3 is 171 Å². The van der Waals surface area contributed by atoms with Crippen LogP contribution in [0.25, 0.3) is 0 Å². The van der Waals surface area contributed by atoms with E-state index in [1.54, 1.807) is 21.7 Å². The van der Waals surface area contributed by atoms with Gasteiger partial charge in [0.1, 0.15) is 0 Å². The zero-order valence-corrected chi connectivity index (χ0v) is 46.5. The Morgan fingerprint density at radius 2 is 0.508 bits per heavy atom. The number of carboxylic acid groups (broad SMARTS) is 2. The van der Waals surface area contributed by atoms with E-state index >= 15 is 0 Å². The van der Waals surface area contributed by atoms with Crippen LogP contribution >= 0.6 is 0 Å². The van der Waals surface area contributed by atoms with Gasteiger partial charge in [-0.2, -0.15) is 0 Å². The summed E-state index contributed by atoms with van der Waals surface area (Å²) in [6.45, 7) is 8.98. The number of aliphatic carboxylic acids is 2. The van der Waals surface area contributed by atoms with E-state index in [1.165, 1.54) is 231 Å². The second-order valence-corrected chi connectivity index (χ2v) is 24.5. The molecule has 5 heteroatoms. The van der Waals surface area contributed by atoms with Gasteiger partial charge in [-0.25, -0.2) is 0 Å². The summed E-state index contributed by atoms with van der Waals surface area (Å²) >= 11 is 0.00985. The van der Waals surface area contributed by atoms with Crippen molar-refractivity contribution in [2.45, 2.75) is 351 Å². The predicted octanol–water partition coefficient (Wildman–Crippen LogP) is 18.2. The Bertz CT molecular complexity index is 827. The summed E-state index contributed by atoms with van der Waals surface area (Å²) in [5.74, 6) is -2.09. The SMILES string of the molecule is CCCCCCCCC(CCCCCCCC)(CCCC(=O)[O-])C(=O)[O-].CCCCCCCCCCCCCCCCC[CH2][Sn+2][CH2]CCCCCCCCCCCCCCCCC. The van der Waals surface area contributed by atoms with Crippen molar-refractivity contribution in [1.82, 2.24) is 0 Å². The molecule has 0 aromatic carbocycles. The third-order valence-corrected chi connectivity index (χ3v) is 17.9. The summed E-state index contributed by atoms with van der Waals surface area (Å²) in [7, 11) is 0. The molecule has 0 saturated heterocycles. The molecule has 63 heavy (non-hydrogen) atoms. The van der Waals surface area contributed by atoms with E-state index in [0.29, 0.717) is 25.7 Å². The van der Waals surface area contributed by atoms with Crippen LogP contribution in [0.15, 0.2) is 0 Å². The molecule has 0 atom stereocenters. The van der Waals surface area contributed by atoms with Crippen LogP contribution in [-0.4, -0.2) is 33.1 Å². The Kier molecular flexibility index (Phi) is 57.7. The van der Waals surface area contributed by atoms with Gasteiger partial charge < -0.3 is 19.8 Å². The smallest absolute Gasteiger partial charge is 0.0654 e. The van der Waals surface area contributed by atoms with Gasteiger partial charge in [0, 0.05) is 17.4 Å². The average molecular weight is 994 g/mol. The van der Waals surface area contributed by atoms with Gasteiger partial charge in [-0.15, -0.1) is 0 Å². The molecule has 0 aliphatic heterocycles. The average Bonchev–Trinajstić information content (AvgIpc) is 3.27. The second-order valence-electron chi connectivity index (χ2n) is 20.2. The first-order valence-electron chi connectivity index (χ1n) is 29.0. The van der Waals surface area contributed by atoms with Gasteiger partial charge in [0.05, 0.1) is 0 Å². The van der Waals surface area contributed by atoms with E-state index in [2.05, 4.69) is 27.7 Å². The Morgan fingerprint density at radius 1 is 0.302 bits per heavy atom. The molecule has 0 unspecified atom stereocenters. The molecule has 0 aromatic heterocycles. The zero-order chi connectivity index (χ0) is 46.4. The summed E-state index contributed by atoms with van der Waals surface area (Å²) in [5, 5.41) is 22.7. The number of carbonyl (C=O) groups is 2. The fraction of sp³-hybridized carbons (Fsp3) is 0.966. The molecule has 0 fully saturated rings. The van der Waals surface area contributed by atoms with Crippen LogP contribution in [0.1, 0.15) is 342 Å². The zero-order valence-electron chi connectivity index (χ0n) is 43.7. The summed E-state index contributed by atoms with van der Waals surface area (Å²) in [6, 6.07) is 0. The van der Waals surface area contributed by atoms with Crippen LogP contribution in [0.4, 0.5) is 0 Å². The number of hydrogen-bond donors (Lipinski definition) is 0. The first-order valence-corrected chi connectivity index (χ1v) is 33.1. The Labute approximate surface area is 407 Å². The standard InChI is InChI=1S/C22H42O4.2C18H37.Sn/c1-3-5-7-9-11-13-17-22(21(25)26,19-15-16-20(23)24)18-14-12-10-8-6-4-2;2*1-3-5-7-9-11-13-15-17-18-16-14-12-10-8-6-4-2;/h3-19H2,1-2H3,(H,23,24)(H,25,26);2*1,3-18H2,2H3;/q;;;+2/p-2. The summed E-state index contributed by atoms with van der Waals surface area (Å²) in [6.07, 6.45) is 63.2. The second kappa shape index (κ2) is 56.1. The monoisotopic (exact) mass is 995 g/mol. The van der Waals surface area contributed by atoms with E-state index in [9.17, 15) is 19.8 Å². The van der Waals surface area contributed by atoms with Gasteiger partial charge in [-0.1, -0.05) is 169 Å². The Balaban J connectivity index is 0. The molecule has 0 N–H and O–H groups in total. The van der Waals surface area contributed by atoms with Crippen LogP contribution < -0.4 is 10.2 Å². The molecular formula is C58H114O4Sn. The predicted molar refractivity (Wildman–Crippen MR) is 277 cm³/mol. The molecule has 0 radical (unpaired) electrons. The van der Waals surface area contributed by atoms with Crippen LogP contribution in [-0.2, 0) is 9.59 Å². The van der Waals surface area contributed by atoms with E-state index in [-0.39, 0.29) is 27.6 Å². The molecule has 0 heterocycles. The Morgan fingerprint density at radius 3 is 0.730 bits per heavy atom. The normalized spacial score (nSPS) is 11.4. The first-order chi connectivity index (χ1) is 30.9. The molecule has 4 nitrogen and oxygen atoms in total. The first kappa shape index (κ1) is 64.8. The molecule has 0 spiro atoms.